The van der Waals surface area contributed by atoms with Gasteiger partial charge < -0.3 is 14.4 Å². The summed E-state index contributed by atoms with van der Waals surface area (Å²) >= 11 is 0. The summed E-state index contributed by atoms with van der Waals surface area (Å²) in [6, 6.07) is 29.4. The molecule has 5 aliphatic heterocycles. The molecule has 3 aromatic carbocycles. The van der Waals surface area contributed by atoms with E-state index in [4.69, 9.17) is 9.47 Å². The van der Waals surface area contributed by atoms with Gasteiger partial charge in [-0.2, -0.15) is 4.58 Å². The summed E-state index contributed by atoms with van der Waals surface area (Å²) in [7, 11) is 0. The van der Waals surface area contributed by atoms with E-state index < -0.39 is 0 Å². The van der Waals surface area contributed by atoms with Crippen molar-refractivity contribution < 1.29 is 18.8 Å². The lowest BCUT2D eigenvalue weighted by Crippen LogP contribution is -2.55. The van der Waals surface area contributed by atoms with E-state index in [1.807, 2.05) is 6.92 Å². The molecule has 3 aromatic rings. The number of esters is 1. The molecule has 0 spiro atoms. The third-order valence-electron chi connectivity index (χ3n) is 12.3. The smallest absolute Gasteiger partial charge is 0.305 e. The molecule has 5 heterocycles. The summed E-state index contributed by atoms with van der Waals surface area (Å²) in [6.07, 6.45) is 6.68. The average molecular weight is 670 g/mol. The number of ether oxygens (including phenoxy) is 2. The summed E-state index contributed by atoms with van der Waals surface area (Å²) in [5, 5.41) is 0. The van der Waals surface area contributed by atoms with Gasteiger partial charge in [-0.15, -0.1) is 0 Å². The van der Waals surface area contributed by atoms with E-state index in [-0.39, 0.29) is 34.4 Å². The predicted molar refractivity (Wildman–Crippen MR) is 202 cm³/mol. The normalized spacial score (nSPS) is 25.4. The lowest BCUT2D eigenvalue weighted by molar-refractivity contribution is -0.465. The van der Waals surface area contributed by atoms with Crippen molar-refractivity contribution in [1.82, 2.24) is 0 Å². The van der Waals surface area contributed by atoms with Gasteiger partial charge in [0, 0.05) is 52.5 Å². The minimum absolute atomic E-state index is 0.00660. The molecule has 3 atom stereocenters. The van der Waals surface area contributed by atoms with E-state index in [2.05, 4.69) is 123 Å². The Morgan fingerprint density at radius 1 is 0.860 bits per heavy atom. The maximum Gasteiger partial charge on any atom is 0.305 e. The number of hydrogen-bond donors (Lipinski definition) is 0. The Bertz CT molecular complexity index is 1930. The maximum absolute atomic E-state index is 12.0. The molecule has 8 rings (SSSR count). The number of nitrogens with zero attached hydrogens (tertiary/aromatic N) is 2. The summed E-state index contributed by atoms with van der Waals surface area (Å²) in [5.74, 6) is -0.0760. The number of anilines is 1. The van der Waals surface area contributed by atoms with E-state index in [1.165, 1.54) is 56.2 Å². The van der Waals surface area contributed by atoms with Crippen LogP contribution in [0.4, 0.5) is 11.4 Å². The number of para-hydroxylation sites is 2. The zero-order valence-electron chi connectivity index (χ0n) is 30.9. The number of fused-ring (bicyclic) bond motifs is 8. The van der Waals surface area contributed by atoms with Crippen LogP contribution in [0.15, 0.2) is 95.7 Å². The van der Waals surface area contributed by atoms with Crippen LogP contribution in [0.3, 0.4) is 0 Å². The highest BCUT2D eigenvalue weighted by molar-refractivity contribution is 6.15. The fraction of sp³-hybridized carbons (Fsp3) is 0.467. The quantitative estimate of drug-likeness (QED) is 0.129. The van der Waals surface area contributed by atoms with Gasteiger partial charge in [-0.25, -0.2) is 0 Å². The number of benzene rings is 3. The van der Waals surface area contributed by atoms with Crippen molar-refractivity contribution in [2.45, 2.75) is 110 Å². The van der Waals surface area contributed by atoms with Crippen LogP contribution in [0.2, 0.25) is 0 Å². The van der Waals surface area contributed by atoms with Crippen LogP contribution in [0.1, 0.15) is 103 Å². The molecular formula is C45H53N2O3+. The lowest BCUT2D eigenvalue weighted by atomic mass is 9.65. The van der Waals surface area contributed by atoms with Gasteiger partial charge in [0.25, 0.3) is 0 Å². The molecule has 0 amide bonds. The number of allylic oxidation sites excluding steroid dienone is 1. The van der Waals surface area contributed by atoms with E-state index in [0.29, 0.717) is 13.0 Å². The number of rotatable bonds is 9. The Labute approximate surface area is 298 Å². The minimum atomic E-state index is -0.165. The Hall–Kier alpha value is -3.96. The van der Waals surface area contributed by atoms with Gasteiger partial charge in [0.1, 0.15) is 6.10 Å². The van der Waals surface area contributed by atoms with Crippen molar-refractivity contribution >= 4 is 28.6 Å². The number of unbranched alkanes of at least 4 members (excludes halogenated alkanes) is 3. The third-order valence-corrected chi connectivity index (χ3v) is 12.3. The number of hydrogen-bond acceptors (Lipinski definition) is 4. The Morgan fingerprint density at radius 2 is 1.56 bits per heavy atom. The second kappa shape index (κ2) is 12.4. The molecule has 0 aliphatic carbocycles. The predicted octanol–water partition coefficient (Wildman–Crippen LogP) is 9.66. The van der Waals surface area contributed by atoms with E-state index in [1.54, 1.807) is 0 Å². The van der Waals surface area contributed by atoms with Gasteiger partial charge in [-0.3, -0.25) is 4.79 Å². The second-order valence-corrected chi connectivity index (χ2v) is 16.5. The van der Waals surface area contributed by atoms with Crippen LogP contribution < -0.4 is 4.90 Å². The van der Waals surface area contributed by atoms with Crippen LogP contribution in [0.5, 0.6) is 0 Å². The van der Waals surface area contributed by atoms with Crippen LogP contribution >= 0.6 is 0 Å². The fourth-order valence-corrected chi connectivity index (χ4v) is 10.1. The summed E-state index contributed by atoms with van der Waals surface area (Å²) < 4.78 is 15.3. The molecule has 0 saturated carbocycles. The summed E-state index contributed by atoms with van der Waals surface area (Å²) in [5.41, 5.74) is 13.4. The first kappa shape index (κ1) is 33.2. The molecule has 0 bridgehead atoms. The highest BCUT2D eigenvalue weighted by Crippen LogP contribution is 2.60. The largest absolute Gasteiger partial charge is 0.466 e. The molecular weight excluding hydrogens is 617 g/mol. The number of carbonyl (C=O) groups is 1. The fourth-order valence-electron chi connectivity index (χ4n) is 10.1. The van der Waals surface area contributed by atoms with Crippen molar-refractivity contribution in [1.29, 1.82) is 0 Å². The first-order valence-electron chi connectivity index (χ1n) is 19.1. The Morgan fingerprint density at radius 3 is 2.34 bits per heavy atom. The Kier molecular flexibility index (Phi) is 8.21. The first-order chi connectivity index (χ1) is 24.1. The molecule has 5 heteroatoms. The van der Waals surface area contributed by atoms with E-state index in [9.17, 15) is 4.79 Å². The van der Waals surface area contributed by atoms with Gasteiger partial charge in [0.05, 0.1) is 29.1 Å². The van der Waals surface area contributed by atoms with Crippen LogP contribution in [-0.4, -0.2) is 48.2 Å². The van der Waals surface area contributed by atoms with Gasteiger partial charge >= 0.3 is 5.97 Å². The molecule has 0 saturated heterocycles. The van der Waals surface area contributed by atoms with Crippen molar-refractivity contribution in [3.8, 4) is 0 Å². The minimum Gasteiger partial charge on any atom is -0.466 e. The second-order valence-electron chi connectivity index (χ2n) is 16.5. The monoisotopic (exact) mass is 669 g/mol. The van der Waals surface area contributed by atoms with Crippen LogP contribution in [-0.2, 0) is 25.1 Å². The maximum atomic E-state index is 12.0. The van der Waals surface area contributed by atoms with Crippen LogP contribution in [0, 0.1) is 5.41 Å². The van der Waals surface area contributed by atoms with Gasteiger partial charge in [-0.1, -0.05) is 99.8 Å². The molecule has 0 N–H and O–H groups in total. The summed E-state index contributed by atoms with van der Waals surface area (Å²) in [6.45, 7) is 16.4. The standard InChI is InChI=1S/C45H53N2O3/c1-7-49-36(48)25-13-8-9-18-27-45(6)32-22-15-17-24-34(32)46-28-26-35-38(41(45)46)37(30-19-11-10-12-20-30)39-40-44(4,5)31-21-14-16-23-33(31)47(40)29-43(2,3)42(39)50-35/h10-12,14-17,19-24,35,42H,7-9,13,18,25-29H2,1-6H3/q+1. The zero-order valence-corrected chi connectivity index (χ0v) is 30.9. The van der Waals surface area contributed by atoms with Gasteiger partial charge in [-0.05, 0) is 64.2 Å². The molecule has 5 nitrogen and oxygen atoms in total. The van der Waals surface area contributed by atoms with Crippen molar-refractivity contribution in [2.24, 2.45) is 5.41 Å². The third kappa shape index (κ3) is 5.05. The average Bonchev–Trinajstić information content (AvgIpc) is 3.49. The van der Waals surface area contributed by atoms with E-state index in [0.717, 1.165) is 51.6 Å². The molecule has 0 radical (unpaired) electrons. The molecule has 0 fully saturated rings. The van der Waals surface area contributed by atoms with E-state index >= 15 is 0 Å². The molecule has 260 valence electrons. The van der Waals surface area contributed by atoms with Crippen molar-refractivity contribution in [3.63, 3.8) is 0 Å². The van der Waals surface area contributed by atoms with Crippen molar-refractivity contribution in [3.05, 3.63) is 112 Å². The molecule has 0 aromatic heterocycles. The first-order valence-corrected chi connectivity index (χ1v) is 19.1. The van der Waals surface area contributed by atoms with Crippen LogP contribution in [0.25, 0.3) is 5.57 Å². The highest BCUT2D eigenvalue weighted by atomic mass is 16.5. The highest BCUT2D eigenvalue weighted by Gasteiger charge is 2.61. The topological polar surface area (TPSA) is 41.8 Å². The number of carbonyl (C=O) groups excluding carboxylic acids is 1. The van der Waals surface area contributed by atoms with Crippen molar-refractivity contribution in [2.75, 3.05) is 24.6 Å². The molecule has 3 unspecified atom stereocenters. The summed E-state index contributed by atoms with van der Waals surface area (Å²) in [4.78, 5) is 14.6. The molecule has 50 heavy (non-hydrogen) atoms. The molecule has 5 aliphatic rings. The Balaban J connectivity index is 1.31. The van der Waals surface area contributed by atoms with Gasteiger partial charge in [0.15, 0.2) is 12.3 Å². The van der Waals surface area contributed by atoms with Gasteiger partial charge in [0.2, 0.25) is 5.69 Å². The lowest BCUT2D eigenvalue weighted by Gasteiger charge is -2.49. The zero-order chi connectivity index (χ0) is 34.8. The SMILES string of the molecule is CCOC(=O)CCCCCCC1(C)C2=C3C(c4ccccc4)=C4C5=[N+](CC(C)(C)C4OC3CCN2c2ccccc21)c1ccccc1C5(C)C.